The van der Waals surface area contributed by atoms with Gasteiger partial charge in [-0.3, -0.25) is 9.59 Å². The summed E-state index contributed by atoms with van der Waals surface area (Å²) in [6, 6.07) is 14.6. The number of carbonyl (C=O) groups is 2. The number of hydrogen-bond donors (Lipinski definition) is 2. The fourth-order valence-corrected chi connectivity index (χ4v) is 4.27. The molecule has 4 aromatic rings. The Bertz CT molecular complexity index is 1080. The number of carbonyl (C=O) groups excluding carboxylic acids is 2. The maximum Gasteiger partial charge on any atom is 0.291 e. The Morgan fingerprint density at radius 3 is 2.62 bits per heavy atom. The van der Waals surface area contributed by atoms with E-state index in [1.54, 1.807) is 46.9 Å². The molecule has 2 N–H and O–H groups in total. The number of thiazole rings is 1. The van der Waals surface area contributed by atoms with Crippen molar-refractivity contribution in [2.24, 2.45) is 0 Å². The third-order valence-electron chi connectivity index (χ3n) is 4.07. The van der Waals surface area contributed by atoms with E-state index < -0.39 is 0 Å². The number of nitrogens with one attached hydrogen (secondary N) is 2. The zero-order valence-corrected chi connectivity index (χ0v) is 16.9. The minimum Gasteiger partial charge on any atom is -0.459 e. The topological polar surface area (TPSA) is 84.2 Å². The minimum absolute atomic E-state index is 0.0803. The molecule has 6 nitrogen and oxygen atoms in total. The van der Waals surface area contributed by atoms with E-state index in [0.717, 1.165) is 21.1 Å². The highest BCUT2D eigenvalue weighted by Gasteiger charge is 2.10. The SMILES string of the molecule is O=C(Cc1csc(-c2cccs2)n1)NCc1ccc(NC(=O)c2ccco2)cc1. The van der Waals surface area contributed by atoms with Crippen molar-refractivity contribution in [3.63, 3.8) is 0 Å². The Labute approximate surface area is 175 Å². The molecule has 3 aromatic heterocycles. The maximum atomic E-state index is 12.2. The van der Waals surface area contributed by atoms with Crippen LogP contribution in [-0.2, 0) is 17.8 Å². The molecule has 2 amide bonds. The van der Waals surface area contributed by atoms with Gasteiger partial charge in [-0.1, -0.05) is 18.2 Å². The fraction of sp³-hybridized carbons (Fsp3) is 0.0952. The highest BCUT2D eigenvalue weighted by atomic mass is 32.1. The first kappa shape index (κ1) is 19.1. The molecule has 0 radical (unpaired) electrons. The van der Waals surface area contributed by atoms with Crippen molar-refractivity contribution in [2.75, 3.05) is 5.32 Å². The highest BCUT2D eigenvalue weighted by Crippen LogP contribution is 2.27. The van der Waals surface area contributed by atoms with Gasteiger partial charge in [-0.2, -0.15) is 0 Å². The summed E-state index contributed by atoms with van der Waals surface area (Å²) in [5, 5.41) is 10.5. The predicted octanol–water partition coefficient (Wildman–Crippen LogP) is 4.58. The van der Waals surface area contributed by atoms with Gasteiger partial charge in [-0.15, -0.1) is 22.7 Å². The number of thiophene rings is 1. The van der Waals surface area contributed by atoms with Gasteiger partial charge in [0.1, 0.15) is 5.01 Å². The minimum atomic E-state index is -0.304. The van der Waals surface area contributed by atoms with E-state index in [2.05, 4.69) is 15.6 Å². The predicted molar refractivity (Wildman–Crippen MR) is 114 cm³/mol. The van der Waals surface area contributed by atoms with E-state index in [4.69, 9.17) is 4.42 Å². The Morgan fingerprint density at radius 1 is 1.03 bits per heavy atom. The van der Waals surface area contributed by atoms with Crippen molar-refractivity contribution in [1.29, 1.82) is 0 Å². The number of furan rings is 1. The van der Waals surface area contributed by atoms with E-state index in [0.29, 0.717) is 12.2 Å². The second kappa shape index (κ2) is 8.85. The molecule has 0 unspecified atom stereocenters. The number of anilines is 1. The molecule has 0 saturated heterocycles. The summed E-state index contributed by atoms with van der Waals surface area (Å²) in [6.45, 7) is 0.410. The molecule has 0 aliphatic rings. The average Bonchev–Trinajstić information content (AvgIpc) is 3.49. The van der Waals surface area contributed by atoms with Gasteiger partial charge in [0, 0.05) is 17.6 Å². The van der Waals surface area contributed by atoms with Crippen LogP contribution in [0.15, 0.2) is 70.0 Å². The largest absolute Gasteiger partial charge is 0.459 e. The van der Waals surface area contributed by atoms with Crippen LogP contribution < -0.4 is 10.6 Å². The van der Waals surface area contributed by atoms with Gasteiger partial charge in [0.05, 0.1) is 23.3 Å². The Hall–Kier alpha value is -3.23. The summed E-state index contributed by atoms with van der Waals surface area (Å²) in [4.78, 5) is 29.8. The van der Waals surface area contributed by atoms with Crippen LogP contribution in [0.4, 0.5) is 5.69 Å². The Balaban J connectivity index is 1.26. The molecule has 3 heterocycles. The van der Waals surface area contributed by atoms with Gasteiger partial charge < -0.3 is 15.1 Å². The summed E-state index contributed by atoms with van der Waals surface area (Å²) in [5.41, 5.74) is 2.36. The summed E-state index contributed by atoms with van der Waals surface area (Å²) in [6.07, 6.45) is 1.70. The summed E-state index contributed by atoms with van der Waals surface area (Å²) in [7, 11) is 0. The van der Waals surface area contributed by atoms with Gasteiger partial charge in [-0.25, -0.2) is 4.98 Å². The fourth-order valence-electron chi connectivity index (χ4n) is 2.64. The number of amides is 2. The molecule has 0 fully saturated rings. The van der Waals surface area contributed by atoms with E-state index >= 15 is 0 Å². The standard InChI is InChI=1S/C21H17N3O3S2/c25-19(11-16-13-29-21(24-16)18-4-2-10-28-18)22-12-14-5-7-15(8-6-14)23-20(26)17-3-1-9-27-17/h1-10,13H,11-12H2,(H,22,25)(H,23,26). The van der Waals surface area contributed by atoms with Crippen molar-refractivity contribution in [1.82, 2.24) is 10.3 Å². The normalized spacial score (nSPS) is 10.6. The van der Waals surface area contributed by atoms with E-state index in [1.165, 1.54) is 6.26 Å². The zero-order chi connectivity index (χ0) is 20.1. The molecule has 0 aliphatic heterocycles. The van der Waals surface area contributed by atoms with Crippen LogP contribution in [0, 0.1) is 0 Å². The molecular formula is C21H17N3O3S2. The van der Waals surface area contributed by atoms with Gasteiger partial charge in [0.2, 0.25) is 5.91 Å². The molecule has 8 heteroatoms. The molecule has 0 aliphatic carbocycles. The van der Waals surface area contributed by atoms with Crippen LogP contribution in [0.3, 0.4) is 0 Å². The van der Waals surface area contributed by atoms with E-state index in [9.17, 15) is 9.59 Å². The summed E-state index contributed by atoms with van der Waals surface area (Å²) < 4.78 is 5.06. The third-order valence-corrected chi connectivity index (χ3v) is 6.00. The zero-order valence-electron chi connectivity index (χ0n) is 15.3. The second-order valence-electron chi connectivity index (χ2n) is 6.20. The van der Waals surface area contributed by atoms with Gasteiger partial charge in [0.25, 0.3) is 5.91 Å². The van der Waals surface area contributed by atoms with Gasteiger partial charge in [0.15, 0.2) is 5.76 Å². The number of rotatable bonds is 7. The Morgan fingerprint density at radius 2 is 1.90 bits per heavy atom. The smallest absolute Gasteiger partial charge is 0.291 e. The van der Waals surface area contributed by atoms with Gasteiger partial charge >= 0.3 is 0 Å². The lowest BCUT2D eigenvalue weighted by Crippen LogP contribution is -2.24. The van der Waals surface area contributed by atoms with Crippen LogP contribution in [0.25, 0.3) is 9.88 Å². The average molecular weight is 424 g/mol. The number of nitrogens with zero attached hydrogens (tertiary/aromatic N) is 1. The van der Waals surface area contributed by atoms with E-state index in [1.807, 2.05) is 35.0 Å². The molecule has 0 spiro atoms. The van der Waals surface area contributed by atoms with E-state index in [-0.39, 0.29) is 24.0 Å². The molecule has 0 bridgehead atoms. The Kier molecular flexibility index (Phi) is 5.83. The van der Waals surface area contributed by atoms with Crippen LogP contribution in [0.1, 0.15) is 21.8 Å². The van der Waals surface area contributed by atoms with Crippen LogP contribution >= 0.6 is 22.7 Å². The van der Waals surface area contributed by atoms with Crippen molar-refractivity contribution in [3.05, 3.63) is 82.6 Å². The first-order valence-corrected chi connectivity index (χ1v) is 10.6. The quantitative estimate of drug-likeness (QED) is 0.456. The number of aromatic nitrogens is 1. The number of hydrogen-bond acceptors (Lipinski definition) is 6. The summed E-state index contributed by atoms with van der Waals surface area (Å²) >= 11 is 3.18. The van der Waals surface area contributed by atoms with Crippen molar-refractivity contribution >= 4 is 40.2 Å². The van der Waals surface area contributed by atoms with Gasteiger partial charge in [-0.05, 0) is 41.3 Å². The van der Waals surface area contributed by atoms with Crippen LogP contribution in [0.5, 0.6) is 0 Å². The maximum absolute atomic E-state index is 12.2. The van der Waals surface area contributed by atoms with Crippen molar-refractivity contribution in [3.8, 4) is 9.88 Å². The van der Waals surface area contributed by atoms with Crippen LogP contribution in [-0.4, -0.2) is 16.8 Å². The van der Waals surface area contributed by atoms with Crippen molar-refractivity contribution < 1.29 is 14.0 Å². The third kappa shape index (κ3) is 4.98. The molecule has 0 atom stereocenters. The molecule has 29 heavy (non-hydrogen) atoms. The lowest BCUT2D eigenvalue weighted by Gasteiger charge is -2.07. The first-order chi connectivity index (χ1) is 14.2. The lowest BCUT2D eigenvalue weighted by atomic mass is 10.2. The molecule has 1 aromatic carbocycles. The lowest BCUT2D eigenvalue weighted by molar-refractivity contribution is -0.120. The second-order valence-corrected chi connectivity index (χ2v) is 8.01. The molecule has 4 rings (SSSR count). The van der Waals surface area contributed by atoms with Crippen molar-refractivity contribution in [2.45, 2.75) is 13.0 Å². The molecule has 146 valence electrons. The first-order valence-electron chi connectivity index (χ1n) is 8.86. The molecule has 0 saturated carbocycles. The summed E-state index contributed by atoms with van der Waals surface area (Å²) in [5.74, 6) is -0.130. The highest BCUT2D eigenvalue weighted by molar-refractivity contribution is 7.20. The van der Waals surface area contributed by atoms with Crippen LogP contribution in [0.2, 0.25) is 0 Å². The molecular weight excluding hydrogens is 406 g/mol. The monoisotopic (exact) mass is 423 g/mol. The number of benzene rings is 1.